The highest BCUT2D eigenvalue weighted by molar-refractivity contribution is 7.92. The van der Waals surface area contributed by atoms with E-state index in [1.165, 1.54) is 4.90 Å². The van der Waals surface area contributed by atoms with Crippen LogP contribution < -0.4 is 14.4 Å². The molecule has 192 valence electrons. The average Bonchev–Trinajstić information content (AvgIpc) is 2.82. The molecule has 0 aliphatic heterocycles. The first-order valence-corrected chi connectivity index (χ1v) is 13.8. The third-order valence-corrected chi connectivity index (χ3v) is 6.79. The number of sulfonamides is 1. The molecule has 0 saturated heterocycles. The Bertz CT molecular complexity index is 1090. The molecule has 0 aliphatic rings. The molecule has 2 rings (SSSR count). The molecule has 0 heterocycles. The zero-order valence-electron chi connectivity index (χ0n) is 21.3. The number of rotatable bonds is 13. The van der Waals surface area contributed by atoms with Gasteiger partial charge in [-0.1, -0.05) is 38.1 Å². The fourth-order valence-electron chi connectivity index (χ4n) is 3.75. The number of nitrogens with zero attached hydrogens (tertiary/aromatic N) is 2. The van der Waals surface area contributed by atoms with E-state index in [1.807, 2.05) is 52.0 Å². The molecule has 1 atom stereocenters. The number of carbonyl (C=O) groups is 2. The van der Waals surface area contributed by atoms with E-state index in [0.717, 1.165) is 28.1 Å². The SMILES string of the molecule is CCCNC(=O)[C@H](CC)N(Cc1ccccc1C)C(=O)CN(c1ccc(OCC)cc1)S(C)(=O)=O. The number of ether oxygens (including phenoxy) is 1. The number of aryl methyl sites for hydroxylation is 1. The molecule has 0 saturated carbocycles. The van der Waals surface area contributed by atoms with Crippen molar-refractivity contribution >= 4 is 27.5 Å². The van der Waals surface area contributed by atoms with Gasteiger partial charge in [-0.05, 0) is 62.1 Å². The second-order valence-corrected chi connectivity index (χ2v) is 10.3. The molecule has 35 heavy (non-hydrogen) atoms. The maximum atomic E-state index is 13.7. The summed E-state index contributed by atoms with van der Waals surface area (Å²) in [4.78, 5) is 28.1. The predicted molar refractivity (Wildman–Crippen MR) is 139 cm³/mol. The molecular formula is C26H37N3O5S. The molecule has 0 radical (unpaired) electrons. The molecule has 1 N–H and O–H groups in total. The van der Waals surface area contributed by atoms with Gasteiger partial charge >= 0.3 is 0 Å². The lowest BCUT2D eigenvalue weighted by Crippen LogP contribution is -2.52. The van der Waals surface area contributed by atoms with E-state index >= 15 is 0 Å². The van der Waals surface area contributed by atoms with E-state index in [9.17, 15) is 18.0 Å². The number of amides is 2. The standard InChI is InChI=1S/C26H37N3O5S/c1-6-17-27-26(31)24(7-2)28(18-21-12-10-9-11-20(21)4)25(30)19-29(35(5,32)33)22-13-15-23(16-14-22)34-8-3/h9-16,24H,6-8,17-19H2,1-5H3,(H,27,31)/t24-/m0/s1. The van der Waals surface area contributed by atoms with Gasteiger partial charge in [-0.15, -0.1) is 0 Å². The lowest BCUT2D eigenvalue weighted by molar-refractivity contribution is -0.140. The maximum Gasteiger partial charge on any atom is 0.244 e. The molecule has 0 fully saturated rings. The van der Waals surface area contributed by atoms with Gasteiger partial charge in [-0.25, -0.2) is 8.42 Å². The minimum absolute atomic E-state index is 0.199. The minimum Gasteiger partial charge on any atom is -0.494 e. The molecule has 2 amide bonds. The van der Waals surface area contributed by atoms with E-state index in [2.05, 4.69) is 5.32 Å². The van der Waals surface area contributed by atoms with Crippen LogP contribution >= 0.6 is 0 Å². The third kappa shape index (κ3) is 7.99. The Morgan fingerprint density at radius 1 is 1.03 bits per heavy atom. The Kier molecular flexibility index (Phi) is 10.6. The second kappa shape index (κ2) is 13.1. The smallest absolute Gasteiger partial charge is 0.244 e. The fourth-order valence-corrected chi connectivity index (χ4v) is 4.60. The molecular weight excluding hydrogens is 466 g/mol. The molecule has 2 aromatic rings. The molecule has 2 aromatic carbocycles. The Morgan fingerprint density at radius 2 is 1.69 bits per heavy atom. The number of hydrogen-bond donors (Lipinski definition) is 1. The highest BCUT2D eigenvalue weighted by Gasteiger charge is 2.31. The van der Waals surface area contributed by atoms with Crippen LogP contribution in [-0.4, -0.2) is 57.1 Å². The Morgan fingerprint density at radius 3 is 2.23 bits per heavy atom. The summed E-state index contributed by atoms with van der Waals surface area (Å²) in [6.45, 7) is 8.37. The van der Waals surface area contributed by atoms with Crippen LogP contribution in [0.4, 0.5) is 5.69 Å². The van der Waals surface area contributed by atoms with Crippen molar-refractivity contribution in [3.63, 3.8) is 0 Å². The van der Waals surface area contributed by atoms with Crippen LogP contribution in [0, 0.1) is 6.92 Å². The monoisotopic (exact) mass is 503 g/mol. The van der Waals surface area contributed by atoms with Gasteiger partial charge < -0.3 is 15.0 Å². The molecule has 0 aromatic heterocycles. The van der Waals surface area contributed by atoms with Gasteiger partial charge in [0.05, 0.1) is 18.6 Å². The fraction of sp³-hybridized carbons (Fsp3) is 0.462. The van der Waals surface area contributed by atoms with Gasteiger partial charge in [0.15, 0.2) is 0 Å². The summed E-state index contributed by atoms with van der Waals surface area (Å²) in [6.07, 6.45) is 2.23. The van der Waals surface area contributed by atoms with E-state index in [4.69, 9.17) is 4.74 Å². The largest absolute Gasteiger partial charge is 0.494 e. The van der Waals surface area contributed by atoms with Crippen molar-refractivity contribution in [2.45, 2.75) is 53.1 Å². The van der Waals surface area contributed by atoms with Crippen molar-refractivity contribution < 1.29 is 22.7 Å². The van der Waals surface area contributed by atoms with E-state index < -0.39 is 28.5 Å². The minimum atomic E-state index is -3.78. The molecule has 0 unspecified atom stereocenters. The lowest BCUT2D eigenvalue weighted by Gasteiger charge is -2.33. The van der Waals surface area contributed by atoms with Gasteiger partial charge in [-0.3, -0.25) is 13.9 Å². The molecule has 0 spiro atoms. The molecule has 8 nitrogen and oxygen atoms in total. The van der Waals surface area contributed by atoms with Crippen LogP contribution in [0.15, 0.2) is 48.5 Å². The highest BCUT2D eigenvalue weighted by Crippen LogP contribution is 2.23. The average molecular weight is 504 g/mol. The Hall–Kier alpha value is -3.07. The molecule has 0 aliphatic carbocycles. The summed E-state index contributed by atoms with van der Waals surface area (Å²) >= 11 is 0. The van der Waals surface area contributed by atoms with Crippen molar-refractivity contribution in [1.82, 2.24) is 10.2 Å². The number of anilines is 1. The van der Waals surface area contributed by atoms with Gasteiger partial charge in [0.1, 0.15) is 18.3 Å². The maximum absolute atomic E-state index is 13.7. The zero-order chi connectivity index (χ0) is 26.0. The summed E-state index contributed by atoms with van der Waals surface area (Å²) in [7, 11) is -3.78. The van der Waals surface area contributed by atoms with E-state index in [-0.39, 0.29) is 12.5 Å². The van der Waals surface area contributed by atoms with Crippen molar-refractivity contribution in [3.05, 3.63) is 59.7 Å². The predicted octanol–water partition coefficient (Wildman–Crippen LogP) is 3.49. The van der Waals surface area contributed by atoms with Crippen molar-refractivity contribution in [2.24, 2.45) is 0 Å². The Balaban J connectivity index is 2.41. The topological polar surface area (TPSA) is 96.0 Å². The first kappa shape index (κ1) is 28.2. The van der Waals surface area contributed by atoms with Gasteiger partial charge in [-0.2, -0.15) is 0 Å². The van der Waals surface area contributed by atoms with Gasteiger partial charge in [0.2, 0.25) is 21.8 Å². The third-order valence-electron chi connectivity index (χ3n) is 5.65. The van der Waals surface area contributed by atoms with E-state index in [1.54, 1.807) is 24.3 Å². The van der Waals surface area contributed by atoms with E-state index in [0.29, 0.717) is 31.0 Å². The quantitative estimate of drug-likeness (QED) is 0.451. The summed E-state index contributed by atoms with van der Waals surface area (Å²) in [5, 5.41) is 2.87. The molecule has 0 bridgehead atoms. The van der Waals surface area contributed by atoms with Crippen LogP contribution in [0.1, 0.15) is 44.7 Å². The summed E-state index contributed by atoms with van der Waals surface area (Å²) < 4.78 is 31.8. The van der Waals surface area contributed by atoms with Gasteiger partial charge in [0, 0.05) is 13.1 Å². The number of carbonyl (C=O) groups excluding carboxylic acids is 2. The first-order chi connectivity index (χ1) is 16.6. The Labute approximate surface area is 209 Å². The first-order valence-electron chi connectivity index (χ1n) is 11.9. The summed E-state index contributed by atoms with van der Waals surface area (Å²) in [6, 6.07) is 13.5. The zero-order valence-corrected chi connectivity index (χ0v) is 22.1. The summed E-state index contributed by atoms with van der Waals surface area (Å²) in [5.41, 5.74) is 2.23. The van der Waals surface area contributed by atoms with Crippen molar-refractivity contribution in [2.75, 3.05) is 30.3 Å². The normalized spacial score (nSPS) is 12.0. The van der Waals surface area contributed by atoms with Crippen LogP contribution in [0.2, 0.25) is 0 Å². The van der Waals surface area contributed by atoms with Crippen molar-refractivity contribution in [3.8, 4) is 5.75 Å². The lowest BCUT2D eigenvalue weighted by atomic mass is 10.1. The number of hydrogen-bond acceptors (Lipinski definition) is 5. The van der Waals surface area contributed by atoms with Crippen LogP contribution in [0.25, 0.3) is 0 Å². The number of nitrogens with one attached hydrogen (secondary N) is 1. The summed E-state index contributed by atoms with van der Waals surface area (Å²) in [5.74, 6) is -0.0924. The second-order valence-electron chi connectivity index (χ2n) is 8.36. The van der Waals surface area contributed by atoms with Crippen LogP contribution in [0.3, 0.4) is 0 Å². The number of benzene rings is 2. The van der Waals surface area contributed by atoms with Crippen LogP contribution in [-0.2, 0) is 26.2 Å². The molecule has 9 heteroatoms. The highest BCUT2D eigenvalue weighted by atomic mass is 32.2. The van der Waals surface area contributed by atoms with Crippen LogP contribution in [0.5, 0.6) is 5.75 Å². The van der Waals surface area contributed by atoms with Gasteiger partial charge in [0.25, 0.3) is 0 Å². The van der Waals surface area contributed by atoms with Crippen molar-refractivity contribution in [1.29, 1.82) is 0 Å².